The van der Waals surface area contributed by atoms with Gasteiger partial charge in [-0.05, 0) is 30.0 Å². The van der Waals surface area contributed by atoms with Crippen molar-refractivity contribution < 1.29 is 18.7 Å². The van der Waals surface area contributed by atoms with Gasteiger partial charge in [-0.2, -0.15) is 0 Å². The summed E-state index contributed by atoms with van der Waals surface area (Å²) in [6.45, 7) is 4.25. The molecule has 0 spiro atoms. The lowest BCUT2D eigenvalue weighted by Crippen LogP contribution is -2.43. The van der Waals surface area contributed by atoms with Crippen molar-refractivity contribution in [3.05, 3.63) is 60.1 Å². The summed E-state index contributed by atoms with van der Waals surface area (Å²) < 4.78 is 10.4. The molecule has 1 heterocycles. The molecule has 0 aliphatic carbocycles. The van der Waals surface area contributed by atoms with Crippen molar-refractivity contribution in [2.75, 3.05) is 12.4 Å². The van der Waals surface area contributed by atoms with Crippen molar-refractivity contribution in [1.29, 1.82) is 0 Å². The molecule has 0 saturated heterocycles. The van der Waals surface area contributed by atoms with Gasteiger partial charge in [0, 0.05) is 0 Å². The minimum atomic E-state index is -0.610. The molecule has 1 aromatic heterocycles. The van der Waals surface area contributed by atoms with Crippen molar-refractivity contribution >= 4 is 23.6 Å². The van der Waals surface area contributed by atoms with E-state index in [1.54, 1.807) is 6.26 Å². The highest BCUT2D eigenvalue weighted by Crippen LogP contribution is 2.14. The van der Waals surface area contributed by atoms with Crippen LogP contribution in [0.3, 0.4) is 0 Å². The zero-order chi connectivity index (χ0) is 18.8. The number of rotatable bonds is 10. The van der Waals surface area contributed by atoms with E-state index in [2.05, 4.69) is 5.32 Å². The van der Waals surface area contributed by atoms with Crippen LogP contribution in [0.15, 0.2) is 53.1 Å². The summed E-state index contributed by atoms with van der Waals surface area (Å²) in [5, 5.41) is 2.72. The molecule has 6 heteroatoms. The molecule has 0 bridgehead atoms. The van der Waals surface area contributed by atoms with E-state index < -0.39 is 12.1 Å². The van der Waals surface area contributed by atoms with Gasteiger partial charge in [0.2, 0.25) is 0 Å². The Kier molecular flexibility index (Phi) is 8.28. The predicted molar refractivity (Wildman–Crippen MR) is 103 cm³/mol. The van der Waals surface area contributed by atoms with Gasteiger partial charge in [0.1, 0.15) is 5.76 Å². The maximum atomic E-state index is 12.6. The van der Waals surface area contributed by atoms with Crippen LogP contribution in [0.25, 0.3) is 0 Å². The number of ketones is 1. The summed E-state index contributed by atoms with van der Waals surface area (Å²) in [6.07, 6.45) is 1.50. The monoisotopic (exact) mass is 375 g/mol. The highest BCUT2D eigenvalue weighted by Gasteiger charge is 2.22. The molecule has 5 nitrogen and oxygen atoms in total. The van der Waals surface area contributed by atoms with Crippen LogP contribution in [0.4, 0.5) is 4.79 Å². The maximum Gasteiger partial charge on any atom is 0.407 e. The lowest BCUT2D eigenvalue weighted by molar-refractivity contribution is -0.118. The third kappa shape index (κ3) is 7.35. The van der Waals surface area contributed by atoms with Crippen LogP contribution in [-0.2, 0) is 21.7 Å². The number of Topliss-reactive ketones (excluding diaryl/α,β-unsaturated/α-hetero) is 1. The number of hydrogen-bond acceptors (Lipinski definition) is 5. The van der Waals surface area contributed by atoms with E-state index in [1.807, 2.05) is 56.3 Å². The Morgan fingerprint density at radius 3 is 2.58 bits per heavy atom. The van der Waals surface area contributed by atoms with Gasteiger partial charge in [-0.15, -0.1) is 11.8 Å². The van der Waals surface area contributed by atoms with Crippen LogP contribution < -0.4 is 5.32 Å². The fraction of sp³-hybridized carbons (Fsp3) is 0.400. The van der Waals surface area contributed by atoms with Crippen molar-refractivity contribution in [3.8, 4) is 0 Å². The Hall–Kier alpha value is -2.21. The normalized spacial score (nSPS) is 12.0. The number of alkyl carbamates (subject to hydrolysis) is 1. The molecule has 1 unspecified atom stereocenters. The highest BCUT2D eigenvalue weighted by molar-refractivity contribution is 7.99. The number of furan rings is 1. The smallest absolute Gasteiger partial charge is 0.407 e. The van der Waals surface area contributed by atoms with Crippen molar-refractivity contribution in [2.24, 2.45) is 5.92 Å². The van der Waals surface area contributed by atoms with Gasteiger partial charge in [-0.3, -0.25) is 4.79 Å². The van der Waals surface area contributed by atoms with Crippen molar-refractivity contribution in [1.82, 2.24) is 5.32 Å². The van der Waals surface area contributed by atoms with Crippen LogP contribution in [0.2, 0.25) is 0 Å². The van der Waals surface area contributed by atoms with Gasteiger partial charge in [0.25, 0.3) is 0 Å². The first-order valence-corrected chi connectivity index (χ1v) is 9.80. The Labute approximate surface area is 158 Å². The SMILES string of the molecule is CC(C)COC(=O)NC(Cc1ccccc1)C(=O)CSCc1ccco1. The van der Waals surface area contributed by atoms with Gasteiger partial charge in [-0.1, -0.05) is 44.2 Å². The standard InChI is InChI=1S/C20H25NO4S/c1-15(2)12-25-20(23)21-18(11-16-7-4-3-5-8-16)19(22)14-26-13-17-9-6-10-24-17/h3-10,15,18H,11-14H2,1-2H3,(H,21,23). The Bertz CT molecular complexity index is 670. The Balaban J connectivity index is 1.91. The molecule has 0 aliphatic heterocycles. The van der Waals surface area contributed by atoms with Crippen LogP contribution >= 0.6 is 11.8 Å². The van der Waals surface area contributed by atoms with Crippen LogP contribution in [0.5, 0.6) is 0 Å². The number of hydrogen-bond donors (Lipinski definition) is 1. The van der Waals surface area contributed by atoms with E-state index in [1.165, 1.54) is 11.8 Å². The molecular weight excluding hydrogens is 350 g/mol. The van der Waals surface area contributed by atoms with Crippen molar-refractivity contribution in [2.45, 2.75) is 32.1 Å². The number of benzene rings is 1. The first-order valence-electron chi connectivity index (χ1n) is 8.64. The van der Waals surface area contributed by atoms with E-state index in [0.29, 0.717) is 24.5 Å². The second-order valence-corrected chi connectivity index (χ2v) is 7.40. The van der Waals surface area contributed by atoms with Crippen molar-refractivity contribution in [3.63, 3.8) is 0 Å². The zero-order valence-electron chi connectivity index (χ0n) is 15.1. The number of amides is 1. The lowest BCUT2D eigenvalue weighted by atomic mass is 10.0. The van der Waals surface area contributed by atoms with E-state index in [-0.39, 0.29) is 11.7 Å². The van der Waals surface area contributed by atoms with Crippen LogP contribution in [0.1, 0.15) is 25.2 Å². The number of carbonyl (C=O) groups is 2. The highest BCUT2D eigenvalue weighted by atomic mass is 32.2. The molecule has 0 saturated carbocycles. The molecular formula is C20H25NO4S. The molecule has 1 atom stereocenters. The predicted octanol–water partition coefficient (Wildman–Crippen LogP) is 4.08. The quantitative estimate of drug-likeness (QED) is 0.678. The number of thioether (sulfide) groups is 1. The second-order valence-electron chi connectivity index (χ2n) is 6.42. The third-order valence-electron chi connectivity index (χ3n) is 3.58. The topological polar surface area (TPSA) is 68.5 Å². The molecule has 0 fully saturated rings. The number of carbonyl (C=O) groups excluding carboxylic acids is 2. The molecule has 1 N–H and O–H groups in total. The minimum Gasteiger partial charge on any atom is -0.468 e. The van der Waals surface area contributed by atoms with Crippen LogP contribution in [-0.4, -0.2) is 30.3 Å². The first kappa shape index (κ1) is 20.1. The Morgan fingerprint density at radius 1 is 1.15 bits per heavy atom. The fourth-order valence-electron chi connectivity index (χ4n) is 2.27. The molecule has 2 rings (SSSR count). The summed E-state index contributed by atoms with van der Waals surface area (Å²) >= 11 is 1.47. The molecule has 0 aliphatic rings. The maximum absolute atomic E-state index is 12.6. The molecule has 1 amide bonds. The summed E-state index contributed by atoms with van der Waals surface area (Å²) in [5.41, 5.74) is 0.992. The number of ether oxygens (including phenoxy) is 1. The summed E-state index contributed by atoms with van der Waals surface area (Å²) in [4.78, 5) is 24.6. The molecule has 0 radical (unpaired) electrons. The Morgan fingerprint density at radius 2 is 1.92 bits per heavy atom. The fourth-order valence-corrected chi connectivity index (χ4v) is 3.14. The van der Waals surface area contributed by atoms with Gasteiger partial charge >= 0.3 is 6.09 Å². The minimum absolute atomic E-state index is 0.0353. The van der Waals surface area contributed by atoms with Crippen LogP contribution in [0, 0.1) is 5.92 Å². The first-order chi connectivity index (χ1) is 12.5. The van der Waals surface area contributed by atoms with Gasteiger partial charge in [0.15, 0.2) is 5.78 Å². The van der Waals surface area contributed by atoms with Gasteiger partial charge in [0.05, 0.1) is 30.4 Å². The average Bonchev–Trinajstić information content (AvgIpc) is 3.13. The average molecular weight is 375 g/mol. The van der Waals surface area contributed by atoms with Gasteiger partial charge in [-0.25, -0.2) is 4.79 Å². The molecule has 26 heavy (non-hydrogen) atoms. The number of nitrogens with one attached hydrogen (secondary N) is 1. The van der Waals surface area contributed by atoms with E-state index in [0.717, 1.165) is 11.3 Å². The molecule has 2 aromatic rings. The van der Waals surface area contributed by atoms with E-state index in [9.17, 15) is 9.59 Å². The molecule has 140 valence electrons. The third-order valence-corrected chi connectivity index (χ3v) is 4.56. The largest absolute Gasteiger partial charge is 0.468 e. The zero-order valence-corrected chi connectivity index (χ0v) is 16.0. The van der Waals surface area contributed by atoms with E-state index >= 15 is 0 Å². The molecule has 1 aromatic carbocycles. The summed E-state index contributed by atoms with van der Waals surface area (Å²) in [7, 11) is 0. The summed E-state index contributed by atoms with van der Waals surface area (Å²) in [5.74, 6) is 1.95. The lowest BCUT2D eigenvalue weighted by Gasteiger charge is -2.18. The summed E-state index contributed by atoms with van der Waals surface area (Å²) in [6, 6.07) is 12.7. The van der Waals surface area contributed by atoms with E-state index in [4.69, 9.17) is 9.15 Å². The van der Waals surface area contributed by atoms with Gasteiger partial charge < -0.3 is 14.5 Å². The second kappa shape index (κ2) is 10.7.